The van der Waals surface area contributed by atoms with Gasteiger partial charge in [0.25, 0.3) is 5.91 Å². The number of nitrogens with two attached hydrogens (primary N) is 1. The number of hydrogen-bond acceptors (Lipinski definition) is 4. The topological polar surface area (TPSA) is 67.6 Å². The number of carbonyl (C=O) groups is 1. The number of amides is 1. The SMILES string of the molecule is CCN(C(N)CCl)C(CNC(=O)c1ccccc1)OC.Cl. The van der Waals surface area contributed by atoms with E-state index in [0.29, 0.717) is 24.5 Å². The van der Waals surface area contributed by atoms with Crippen LogP contribution < -0.4 is 11.1 Å². The predicted molar refractivity (Wildman–Crippen MR) is 87.9 cm³/mol. The van der Waals surface area contributed by atoms with Gasteiger partial charge in [0, 0.05) is 12.7 Å². The molecular formula is C14H23Cl2N3O2. The van der Waals surface area contributed by atoms with E-state index in [1.54, 1.807) is 19.2 Å². The van der Waals surface area contributed by atoms with Gasteiger partial charge in [-0.3, -0.25) is 9.69 Å². The first kappa shape index (κ1) is 20.1. The normalized spacial score (nSPS) is 13.4. The highest BCUT2D eigenvalue weighted by atomic mass is 35.5. The summed E-state index contributed by atoms with van der Waals surface area (Å²) in [5.41, 5.74) is 6.54. The third-order valence-electron chi connectivity index (χ3n) is 3.06. The zero-order chi connectivity index (χ0) is 15.0. The number of rotatable bonds is 8. The Bertz CT molecular complexity index is 406. The van der Waals surface area contributed by atoms with Crippen LogP contribution in [0, 0.1) is 0 Å². The fourth-order valence-electron chi connectivity index (χ4n) is 1.95. The lowest BCUT2D eigenvalue weighted by atomic mass is 10.2. The number of hydrogen-bond donors (Lipinski definition) is 2. The van der Waals surface area contributed by atoms with E-state index < -0.39 is 0 Å². The van der Waals surface area contributed by atoms with Crippen LogP contribution >= 0.6 is 24.0 Å². The van der Waals surface area contributed by atoms with Gasteiger partial charge in [-0.05, 0) is 18.7 Å². The summed E-state index contributed by atoms with van der Waals surface area (Å²) in [4.78, 5) is 13.9. The van der Waals surface area contributed by atoms with Crippen LogP contribution in [0.3, 0.4) is 0 Å². The number of benzene rings is 1. The molecule has 0 radical (unpaired) electrons. The molecule has 0 aliphatic heterocycles. The third kappa shape index (κ3) is 6.20. The molecule has 0 aliphatic rings. The van der Waals surface area contributed by atoms with Crippen molar-refractivity contribution in [3.63, 3.8) is 0 Å². The second-order valence-electron chi connectivity index (χ2n) is 4.32. The molecule has 0 saturated carbocycles. The Morgan fingerprint density at radius 2 is 2.05 bits per heavy atom. The summed E-state index contributed by atoms with van der Waals surface area (Å²) in [6.07, 6.45) is -0.610. The molecule has 5 nitrogen and oxygen atoms in total. The molecule has 0 aromatic heterocycles. The van der Waals surface area contributed by atoms with Crippen molar-refractivity contribution in [2.75, 3.05) is 26.1 Å². The Kier molecular flexibility index (Phi) is 10.4. The summed E-state index contributed by atoms with van der Waals surface area (Å²) in [6.45, 7) is 3.01. The molecule has 0 saturated heterocycles. The largest absolute Gasteiger partial charge is 0.364 e. The molecule has 1 aromatic carbocycles. The zero-order valence-corrected chi connectivity index (χ0v) is 13.9. The van der Waals surface area contributed by atoms with Gasteiger partial charge in [0.05, 0.1) is 18.6 Å². The average molecular weight is 336 g/mol. The van der Waals surface area contributed by atoms with Gasteiger partial charge in [-0.2, -0.15) is 0 Å². The molecule has 0 heterocycles. The van der Waals surface area contributed by atoms with Crippen molar-refractivity contribution in [2.24, 2.45) is 5.73 Å². The smallest absolute Gasteiger partial charge is 0.251 e. The number of nitrogens with one attached hydrogen (secondary N) is 1. The molecule has 2 atom stereocenters. The van der Waals surface area contributed by atoms with E-state index in [1.165, 1.54) is 0 Å². The Morgan fingerprint density at radius 3 is 2.52 bits per heavy atom. The van der Waals surface area contributed by atoms with Crippen LogP contribution in [0.1, 0.15) is 17.3 Å². The van der Waals surface area contributed by atoms with Gasteiger partial charge in [0.1, 0.15) is 6.23 Å². The van der Waals surface area contributed by atoms with E-state index >= 15 is 0 Å². The van der Waals surface area contributed by atoms with Crippen LogP contribution in [-0.4, -0.2) is 49.3 Å². The number of alkyl halides is 1. The first-order valence-electron chi connectivity index (χ1n) is 6.57. The van der Waals surface area contributed by atoms with Gasteiger partial charge in [-0.25, -0.2) is 0 Å². The van der Waals surface area contributed by atoms with Gasteiger partial charge in [0.15, 0.2) is 0 Å². The highest BCUT2D eigenvalue weighted by Crippen LogP contribution is 2.05. The zero-order valence-electron chi connectivity index (χ0n) is 12.3. The lowest BCUT2D eigenvalue weighted by molar-refractivity contribution is -0.0447. The monoisotopic (exact) mass is 335 g/mol. The standard InChI is InChI=1S/C14H22ClN3O2.ClH/c1-3-18(12(16)9-15)13(20-2)10-17-14(19)11-7-5-4-6-8-11;/h4-8,12-13H,3,9-10,16H2,1-2H3,(H,17,19);1H. The maximum absolute atomic E-state index is 12.0. The number of likely N-dealkylation sites (N-methyl/N-ethyl adjacent to an activating group) is 1. The molecule has 0 bridgehead atoms. The van der Waals surface area contributed by atoms with Gasteiger partial charge in [-0.1, -0.05) is 25.1 Å². The lowest BCUT2D eigenvalue weighted by Gasteiger charge is -2.33. The summed E-state index contributed by atoms with van der Waals surface area (Å²) in [5, 5.41) is 2.84. The minimum absolute atomic E-state index is 0. The average Bonchev–Trinajstić information content (AvgIpc) is 2.51. The molecule has 1 rings (SSSR count). The summed E-state index contributed by atoms with van der Waals surface area (Å²) >= 11 is 5.78. The minimum atomic E-state index is -0.305. The summed E-state index contributed by atoms with van der Waals surface area (Å²) in [6, 6.07) is 9.04. The number of nitrogens with zero attached hydrogens (tertiary/aromatic N) is 1. The first-order chi connectivity index (χ1) is 9.63. The molecule has 0 fully saturated rings. The highest BCUT2D eigenvalue weighted by molar-refractivity contribution is 6.18. The van der Waals surface area contributed by atoms with Crippen molar-refractivity contribution in [2.45, 2.75) is 19.3 Å². The second kappa shape index (κ2) is 10.8. The molecule has 21 heavy (non-hydrogen) atoms. The number of carbonyl (C=O) groups excluding carboxylic acids is 1. The van der Waals surface area contributed by atoms with E-state index in [4.69, 9.17) is 22.1 Å². The number of ether oxygens (including phenoxy) is 1. The summed E-state index contributed by atoms with van der Waals surface area (Å²) in [5.74, 6) is 0.170. The minimum Gasteiger partial charge on any atom is -0.364 e. The fraction of sp³-hybridized carbons (Fsp3) is 0.500. The van der Waals surface area contributed by atoms with Crippen LogP contribution in [0.4, 0.5) is 0 Å². The maximum atomic E-state index is 12.0. The van der Waals surface area contributed by atoms with Gasteiger partial charge in [-0.15, -0.1) is 24.0 Å². The molecule has 120 valence electrons. The van der Waals surface area contributed by atoms with Crippen molar-refractivity contribution < 1.29 is 9.53 Å². The molecule has 3 N–H and O–H groups in total. The highest BCUT2D eigenvalue weighted by Gasteiger charge is 2.22. The second-order valence-corrected chi connectivity index (χ2v) is 4.63. The van der Waals surface area contributed by atoms with Gasteiger partial charge in [0.2, 0.25) is 0 Å². The van der Waals surface area contributed by atoms with E-state index in [1.807, 2.05) is 30.0 Å². The lowest BCUT2D eigenvalue weighted by Crippen LogP contribution is -2.53. The Balaban J connectivity index is 0.00000400. The molecule has 1 amide bonds. The molecule has 0 spiro atoms. The predicted octanol–water partition coefficient (Wildman–Crippen LogP) is 1.66. The molecular weight excluding hydrogens is 313 g/mol. The van der Waals surface area contributed by atoms with Crippen molar-refractivity contribution in [3.8, 4) is 0 Å². The van der Waals surface area contributed by atoms with Crippen LogP contribution in [0.15, 0.2) is 30.3 Å². The Labute approximate surface area is 137 Å². The van der Waals surface area contributed by atoms with Crippen molar-refractivity contribution in [1.82, 2.24) is 10.2 Å². The third-order valence-corrected chi connectivity index (χ3v) is 3.38. The summed E-state index contributed by atoms with van der Waals surface area (Å²) in [7, 11) is 1.59. The molecule has 7 heteroatoms. The summed E-state index contributed by atoms with van der Waals surface area (Å²) < 4.78 is 5.39. The number of methoxy groups -OCH3 is 1. The Morgan fingerprint density at radius 1 is 1.43 bits per heavy atom. The molecule has 1 aromatic rings. The van der Waals surface area contributed by atoms with Gasteiger partial charge >= 0.3 is 0 Å². The fourth-order valence-corrected chi connectivity index (χ4v) is 2.13. The maximum Gasteiger partial charge on any atom is 0.251 e. The van der Waals surface area contributed by atoms with Crippen molar-refractivity contribution in [1.29, 1.82) is 0 Å². The van der Waals surface area contributed by atoms with Crippen LogP contribution in [0.5, 0.6) is 0 Å². The van der Waals surface area contributed by atoms with E-state index in [-0.39, 0.29) is 30.7 Å². The Hall–Kier alpha value is -0.850. The van der Waals surface area contributed by atoms with Crippen molar-refractivity contribution in [3.05, 3.63) is 35.9 Å². The van der Waals surface area contributed by atoms with Crippen LogP contribution in [0.25, 0.3) is 0 Å². The van der Waals surface area contributed by atoms with Crippen LogP contribution in [-0.2, 0) is 4.74 Å². The van der Waals surface area contributed by atoms with Gasteiger partial charge < -0.3 is 15.8 Å². The first-order valence-corrected chi connectivity index (χ1v) is 7.10. The quantitative estimate of drug-likeness (QED) is 0.560. The van der Waals surface area contributed by atoms with E-state index in [0.717, 1.165) is 0 Å². The molecule has 0 aliphatic carbocycles. The van der Waals surface area contributed by atoms with E-state index in [9.17, 15) is 4.79 Å². The van der Waals surface area contributed by atoms with Crippen LogP contribution in [0.2, 0.25) is 0 Å². The van der Waals surface area contributed by atoms with E-state index in [2.05, 4.69) is 5.32 Å². The van der Waals surface area contributed by atoms with Crippen molar-refractivity contribution >= 4 is 29.9 Å². The number of halogens is 2. The molecule has 2 unspecified atom stereocenters.